The van der Waals surface area contributed by atoms with Crippen molar-refractivity contribution >= 4 is 30.7 Å². The van der Waals surface area contributed by atoms with Crippen molar-refractivity contribution in [1.82, 2.24) is 5.32 Å². The molecule has 0 atom stereocenters. The maximum absolute atomic E-state index is 11.3. The van der Waals surface area contributed by atoms with Crippen molar-refractivity contribution in [2.24, 2.45) is 0 Å². The predicted octanol–water partition coefficient (Wildman–Crippen LogP) is 2.67. The van der Waals surface area contributed by atoms with Crippen LogP contribution in [0, 0.1) is 0 Å². The van der Waals surface area contributed by atoms with E-state index >= 15 is 0 Å². The molecule has 0 bridgehead atoms. The number of amides is 1. The average Bonchev–Trinajstić information content (AvgIpc) is 2.05. The van der Waals surface area contributed by atoms with Crippen molar-refractivity contribution in [2.45, 2.75) is 19.9 Å². The zero-order valence-corrected chi connectivity index (χ0v) is 9.82. The van der Waals surface area contributed by atoms with Gasteiger partial charge in [-0.15, -0.1) is 24.8 Å². The van der Waals surface area contributed by atoms with Crippen LogP contribution in [0.3, 0.4) is 0 Å². The lowest BCUT2D eigenvalue weighted by atomic mass is 10.2. The van der Waals surface area contributed by atoms with E-state index in [2.05, 4.69) is 5.32 Å². The number of hydrogen-bond donors (Lipinski definition) is 1. The minimum Gasteiger partial charge on any atom is -0.350 e. The Labute approximate surface area is 96.9 Å². The first kappa shape index (κ1) is 15.7. The molecule has 0 aliphatic rings. The number of rotatable bonds is 2. The first-order chi connectivity index (χ1) is 5.70. The van der Waals surface area contributed by atoms with Gasteiger partial charge in [-0.1, -0.05) is 18.2 Å². The van der Waals surface area contributed by atoms with Gasteiger partial charge in [0.2, 0.25) is 0 Å². The summed E-state index contributed by atoms with van der Waals surface area (Å²) in [5.74, 6) is -0.00870. The van der Waals surface area contributed by atoms with E-state index in [1.807, 2.05) is 32.0 Å². The maximum Gasteiger partial charge on any atom is 0.251 e. The number of nitrogens with one attached hydrogen (secondary N) is 1. The Morgan fingerprint density at radius 1 is 1.14 bits per heavy atom. The van der Waals surface area contributed by atoms with Gasteiger partial charge >= 0.3 is 0 Å². The third-order valence-corrected chi connectivity index (χ3v) is 1.46. The van der Waals surface area contributed by atoms with Crippen molar-refractivity contribution in [3.8, 4) is 0 Å². The Bertz CT molecular complexity index is 262. The Morgan fingerprint density at radius 3 is 2.07 bits per heavy atom. The summed E-state index contributed by atoms with van der Waals surface area (Å²) in [6, 6.07) is 9.41. The van der Waals surface area contributed by atoms with E-state index < -0.39 is 0 Å². The monoisotopic (exact) mass is 235 g/mol. The molecule has 0 spiro atoms. The van der Waals surface area contributed by atoms with Crippen LogP contribution in [0.25, 0.3) is 0 Å². The lowest BCUT2D eigenvalue weighted by molar-refractivity contribution is 0.0943. The van der Waals surface area contributed by atoms with Crippen LogP contribution in [-0.2, 0) is 0 Å². The highest BCUT2D eigenvalue weighted by molar-refractivity contribution is 5.94. The van der Waals surface area contributed by atoms with Crippen LogP contribution in [0.15, 0.2) is 30.3 Å². The number of hydrogen-bond acceptors (Lipinski definition) is 1. The normalized spacial score (nSPS) is 8.50. The number of benzene rings is 1. The fourth-order valence-electron chi connectivity index (χ4n) is 0.935. The van der Waals surface area contributed by atoms with Crippen LogP contribution in [0.1, 0.15) is 24.2 Å². The Balaban J connectivity index is 0. The minimum atomic E-state index is -0.00870. The lowest BCUT2D eigenvalue weighted by Crippen LogP contribution is -2.29. The van der Waals surface area contributed by atoms with E-state index in [4.69, 9.17) is 0 Å². The molecular weight excluding hydrogens is 221 g/mol. The molecule has 0 saturated heterocycles. The fourth-order valence-corrected chi connectivity index (χ4v) is 0.935. The summed E-state index contributed by atoms with van der Waals surface area (Å²) in [6.45, 7) is 3.89. The second kappa shape index (κ2) is 7.65. The largest absolute Gasteiger partial charge is 0.350 e. The van der Waals surface area contributed by atoms with E-state index in [1.165, 1.54) is 0 Å². The molecule has 1 N–H and O–H groups in total. The molecule has 0 radical (unpaired) electrons. The molecule has 0 fully saturated rings. The van der Waals surface area contributed by atoms with Crippen LogP contribution >= 0.6 is 24.8 Å². The van der Waals surface area contributed by atoms with Gasteiger partial charge in [-0.3, -0.25) is 4.79 Å². The van der Waals surface area contributed by atoms with E-state index in [-0.39, 0.29) is 36.8 Å². The first-order valence-corrected chi connectivity index (χ1v) is 4.06. The van der Waals surface area contributed by atoms with E-state index in [0.29, 0.717) is 5.56 Å². The van der Waals surface area contributed by atoms with E-state index in [0.717, 1.165) is 0 Å². The fraction of sp³-hybridized carbons (Fsp3) is 0.300. The highest BCUT2D eigenvalue weighted by atomic mass is 35.5. The smallest absolute Gasteiger partial charge is 0.251 e. The summed E-state index contributed by atoms with van der Waals surface area (Å²) in [6.07, 6.45) is 0. The molecule has 1 aromatic rings. The van der Waals surface area contributed by atoms with Crippen LogP contribution in [0.4, 0.5) is 0 Å². The molecule has 1 aromatic carbocycles. The molecule has 14 heavy (non-hydrogen) atoms. The standard InChI is InChI=1S/C10H13NO.2ClH/c1-8(2)11-10(12)9-6-4-3-5-7-9;;/h3-8H,1-2H3,(H,11,12);2*1H. The van der Waals surface area contributed by atoms with Crippen molar-refractivity contribution in [2.75, 3.05) is 0 Å². The third-order valence-electron chi connectivity index (χ3n) is 1.46. The van der Waals surface area contributed by atoms with Crippen molar-refractivity contribution in [3.05, 3.63) is 35.9 Å². The molecule has 1 rings (SSSR count). The topological polar surface area (TPSA) is 29.1 Å². The Kier molecular flexibility index (Phi) is 8.60. The molecule has 0 saturated carbocycles. The van der Waals surface area contributed by atoms with Gasteiger partial charge in [0.1, 0.15) is 0 Å². The molecule has 0 aliphatic heterocycles. The molecule has 1 amide bonds. The number of carbonyl (C=O) groups excluding carboxylic acids is 1. The molecule has 80 valence electrons. The van der Waals surface area contributed by atoms with Gasteiger partial charge in [0, 0.05) is 11.6 Å². The number of carbonyl (C=O) groups is 1. The van der Waals surface area contributed by atoms with Crippen molar-refractivity contribution < 1.29 is 4.79 Å². The number of halogens is 2. The van der Waals surface area contributed by atoms with Gasteiger partial charge in [-0.05, 0) is 26.0 Å². The predicted molar refractivity (Wildman–Crippen MR) is 63.5 cm³/mol. The third kappa shape index (κ3) is 5.10. The second-order valence-corrected chi connectivity index (χ2v) is 2.99. The summed E-state index contributed by atoms with van der Waals surface area (Å²) in [7, 11) is 0. The van der Waals surface area contributed by atoms with Gasteiger partial charge in [0.05, 0.1) is 0 Å². The summed E-state index contributed by atoms with van der Waals surface area (Å²) >= 11 is 0. The average molecular weight is 236 g/mol. The Morgan fingerprint density at radius 2 is 1.64 bits per heavy atom. The molecule has 0 aliphatic carbocycles. The van der Waals surface area contributed by atoms with Gasteiger partial charge in [-0.2, -0.15) is 0 Å². The van der Waals surface area contributed by atoms with Crippen LogP contribution in [0.2, 0.25) is 0 Å². The van der Waals surface area contributed by atoms with Crippen LogP contribution in [-0.4, -0.2) is 11.9 Å². The molecule has 4 heteroatoms. The molecule has 0 aromatic heterocycles. The zero-order chi connectivity index (χ0) is 8.97. The van der Waals surface area contributed by atoms with Crippen molar-refractivity contribution in [3.63, 3.8) is 0 Å². The molecular formula is C10H15Cl2NO. The summed E-state index contributed by atoms with van der Waals surface area (Å²) < 4.78 is 0. The summed E-state index contributed by atoms with van der Waals surface area (Å²) in [4.78, 5) is 11.3. The molecule has 2 nitrogen and oxygen atoms in total. The highest BCUT2D eigenvalue weighted by Crippen LogP contribution is 1.98. The van der Waals surface area contributed by atoms with Crippen LogP contribution in [0.5, 0.6) is 0 Å². The molecule has 0 heterocycles. The van der Waals surface area contributed by atoms with Gasteiger partial charge in [0.25, 0.3) is 5.91 Å². The first-order valence-electron chi connectivity index (χ1n) is 4.06. The van der Waals surface area contributed by atoms with Crippen LogP contribution < -0.4 is 5.32 Å². The summed E-state index contributed by atoms with van der Waals surface area (Å²) in [5, 5.41) is 2.82. The highest BCUT2D eigenvalue weighted by Gasteiger charge is 2.04. The van der Waals surface area contributed by atoms with Gasteiger partial charge < -0.3 is 5.32 Å². The summed E-state index contributed by atoms with van der Waals surface area (Å²) in [5.41, 5.74) is 0.714. The Hall–Kier alpha value is -0.730. The minimum absolute atomic E-state index is 0. The lowest BCUT2D eigenvalue weighted by Gasteiger charge is -2.07. The SMILES string of the molecule is CC(C)NC(=O)c1ccccc1.Cl.Cl. The molecule has 0 unspecified atom stereocenters. The van der Waals surface area contributed by atoms with Crippen molar-refractivity contribution in [1.29, 1.82) is 0 Å². The maximum atomic E-state index is 11.3. The second-order valence-electron chi connectivity index (χ2n) is 2.99. The van der Waals surface area contributed by atoms with E-state index in [9.17, 15) is 4.79 Å². The van der Waals surface area contributed by atoms with Gasteiger partial charge in [0.15, 0.2) is 0 Å². The van der Waals surface area contributed by atoms with E-state index in [1.54, 1.807) is 12.1 Å². The zero-order valence-electron chi connectivity index (χ0n) is 8.19. The van der Waals surface area contributed by atoms with Gasteiger partial charge in [-0.25, -0.2) is 0 Å². The quantitative estimate of drug-likeness (QED) is 0.840.